The number of nitrogens with zero attached hydrogens (tertiary/aromatic N) is 1. The maximum atomic E-state index is 14.4. The van der Waals surface area contributed by atoms with Gasteiger partial charge >= 0.3 is 0 Å². The van der Waals surface area contributed by atoms with Crippen LogP contribution in [0.2, 0.25) is 0 Å². The molecule has 2 aliphatic rings. The van der Waals surface area contributed by atoms with E-state index in [1.165, 1.54) is 32.1 Å². The number of hydrogen-bond donors (Lipinski definition) is 1. The van der Waals surface area contributed by atoms with E-state index in [2.05, 4.69) is 4.90 Å². The zero-order valence-electron chi connectivity index (χ0n) is 12.4. The van der Waals surface area contributed by atoms with Crippen molar-refractivity contribution in [2.75, 3.05) is 13.1 Å². The largest absolute Gasteiger partial charge is 0.389 e. The van der Waals surface area contributed by atoms with Crippen molar-refractivity contribution in [3.8, 4) is 0 Å². The molecule has 1 saturated heterocycles. The Morgan fingerprint density at radius 3 is 2.76 bits per heavy atom. The second kappa shape index (κ2) is 6.41. The van der Waals surface area contributed by atoms with Crippen LogP contribution in [0.25, 0.3) is 0 Å². The Kier molecular flexibility index (Phi) is 4.55. The van der Waals surface area contributed by atoms with Crippen molar-refractivity contribution in [3.63, 3.8) is 0 Å². The number of benzene rings is 1. The smallest absolute Gasteiger partial charge is 0.137 e. The summed E-state index contributed by atoms with van der Waals surface area (Å²) < 4.78 is 14.4. The number of thiocarbonyl (C=S) groups is 1. The first-order chi connectivity index (χ1) is 10.1. The Balaban J connectivity index is 1.69. The minimum atomic E-state index is -0.240. The van der Waals surface area contributed by atoms with Crippen LogP contribution in [0.15, 0.2) is 18.2 Å². The average molecular weight is 306 g/mol. The van der Waals surface area contributed by atoms with Crippen LogP contribution in [0.1, 0.15) is 43.2 Å². The lowest BCUT2D eigenvalue weighted by atomic mass is 9.75. The summed E-state index contributed by atoms with van der Waals surface area (Å²) >= 11 is 4.91. The highest BCUT2D eigenvalue weighted by Gasteiger charge is 2.31. The van der Waals surface area contributed by atoms with Gasteiger partial charge in [0.25, 0.3) is 0 Å². The summed E-state index contributed by atoms with van der Waals surface area (Å²) in [6.45, 7) is 2.87. The molecule has 1 heterocycles. The molecule has 2 unspecified atom stereocenters. The first-order valence-electron chi connectivity index (χ1n) is 7.94. The standard InChI is InChI=1S/C17H23FN2S/c18-16-14(6-3-7-15(16)17(19)21)11-20-9-8-12-4-1-2-5-13(12)10-20/h3,6-7,12-13H,1-2,4-5,8-11H2,(H2,19,21). The van der Waals surface area contributed by atoms with Gasteiger partial charge in [-0.25, -0.2) is 4.39 Å². The van der Waals surface area contributed by atoms with Crippen molar-refractivity contribution in [2.45, 2.75) is 38.6 Å². The molecule has 0 radical (unpaired) electrons. The van der Waals surface area contributed by atoms with Crippen LogP contribution >= 0.6 is 12.2 Å². The fourth-order valence-corrected chi connectivity index (χ4v) is 4.11. The third-order valence-electron chi connectivity index (χ3n) is 5.11. The Morgan fingerprint density at radius 1 is 1.24 bits per heavy atom. The second-order valence-corrected chi connectivity index (χ2v) is 6.91. The summed E-state index contributed by atoms with van der Waals surface area (Å²) in [6, 6.07) is 5.36. The van der Waals surface area contributed by atoms with Gasteiger partial charge < -0.3 is 5.73 Å². The lowest BCUT2D eigenvalue weighted by Crippen LogP contribution is -2.41. The van der Waals surface area contributed by atoms with Crippen molar-refractivity contribution in [3.05, 3.63) is 35.1 Å². The van der Waals surface area contributed by atoms with E-state index >= 15 is 0 Å². The lowest BCUT2D eigenvalue weighted by Gasteiger charge is -2.41. The third-order valence-corrected chi connectivity index (χ3v) is 5.33. The molecule has 0 bridgehead atoms. The zero-order chi connectivity index (χ0) is 14.8. The highest BCUT2D eigenvalue weighted by Crippen LogP contribution is 2.36. The SMILES string of the molecule is NC(=S)c1cccc(CN2CCC3CCCCC3C2)c1F. The quantitative estimate of drug-likeness (QED) is 0.867. The normalized spacial score (nSPS) is 26.3. The number of halogens is 1. The fourth-order valence-electron chi connectivity index (χ4n) is 3.95. The third kappa shape index (κ3) is 3.27. The molecule has 0 amide bonds. The molecular formula is C17H23FN2S. The van der Waals surface area contributed by atoms with Gasteiger partial charge in [-0.05, 0) is 37.3 Å². The lowest BCUT2D eigenvalue weighted by molar-refractivity contribution is 0.0813. The molecule has 0 spiro atoms. The molecule has 3 rings (SSSR count). The molecule has 2 N–H and O–H groups in total. The van der Waals surface area contributed by atoms with E-state index in [9.17, 15) is 4.39 Å². The van der Waals surface area contributed by atoms with Crippen LogP contribution in [-0.2, 0) is 6.54 Å². The molecule has 2 atom stereocenters. The van der Waals surface area contributed by atoms with Gasteiger partial charge in [0.2, 0.25) is 0 Å². The maximum Gasteiger partial charge on any atom is 0.137 e. The minimum absolute atomic E-state index is 0.139. The van der Waals surface area contributed by atoms with Crippen LogP contribution < -0.4 is 5.73 Å². The number of rotatable bonds is 3. The van der Waals surface area contributed by atoms with Crippen LogP contribution in [0, 0.1) is 17.7 Å². The van der Waals surface area contributed by atoms with E-state index in [-0.39, 0.29) is 10.8 Å². The van der Waals surface area contributed by atoms with Crippen LogP contribution in [0.4, 0.5) is 4.39 Å². The van der Waals surface area contributed by atoms with Crippen molar-refractivity contribution in [1.29, 1.82) is 0 Å². The van der Waals surface area contributed by atoms with E-state index < -0.39 is 0 Å². The predicted molar refractivity (Wildman–Crippen MR) is 87.6 cm³/mol. The van der Waals surface area contributed by atoms with E-state index in [0.717, 1.165) is 30.5 Å². The summed E-state index contributed by atoms with van der Waals surface area (Å²) in [5.74, 6) is 1.48. The zero-order valence-corrected chi connectivity index (χ0v) is 13.2. The van der Waals surface area contributed by atoms with Gasteiger partial charge in [0, 0.05) is 24.2 Å². The van der Waals surface area contributed by atoms with Crippen LogP contribution in [0.3, 0.4) is 0 Å². The van der Waals surface area contributed by atoms with Gasteiger partial charge in [0.05, 0.1) is 0 Å². The number of fused-ring (bicyclic) bond motifs is 1. The molecule has 4 heteroatoms. The predicted octanol–water partition coefficient (Wildman–Crippen LogP) is 3.47. The number of hydrogen-bond acceptors (Lipinski definition) is 2. The van der Waals surface area contributed by atoms with Gasteiger partial charge in [-0.2, -0.15) is 0 Å². The monoisotopic (exact) mass is 306 g/mol. The Bertz CT molecular complexity index is 532. The Hall–Kier alpha value is -1.00. The number of likely N-dealkylation sites (tertiary alicyclic amines) is 1. The summed E-state index contributed by atoms with van der Waals surface area (Å²) in [7, 11) is 0. The first-order valence-corrected chi connectivity index (χ1v) is 8.35. The number of piperidine rings is 1. The fraction of sp³-hybridized carbons (Fsp3) is 0.588. The Labute approximate surface area is 131 Å². The van der Waals surface area contributed by atoms with E-state index in [0.29, 0.717) is 12.1 Å². The highest BCUT2D eigenvalue weighted by molar-refractivity contribution is 7.80. The van der Waals surface area contributed by atoms with Gasteiger partial charge in [-0.15, -0.1) is 0 Å². The van der Waals surface area contributed by atoms with Crippen molar-refractivity contribution in [1.82, 2.24) is 4.90 Å². The van der Waals surface area contributed by atoms with Gasteiger partial charge in [-0.1, -0.05) is 43.6 Å². The maximum absolute atomic E-state index is 14.4. The molecule has 114 valence electrons. The molecule has 2 fully saturated rings. The topological polar surface area (TPSA) is 29.3 Å². The summed E-state index contributed by atoms with van der Waals surface area (Å²) in [4.78, 5) is 2.54. The van der Waals surface area contributed by atoms with E-state index in [4.69, 9.17) is 18.0 Å². The van der Waals surface area contributed by atoms with Gasteiger partial charge in [0.1, 0.15) is 10.8 Å². The summed E-state index contributed by atoms with van der Waals surface area (Å²) in [5, 5.41) is 0. The van der Waals surface area contributed by atoms with Gasteiger partial charge in [-0.3, -0.25) is 4.90 Å². The molecule has 0 aromatic heterocycles. The molecule has 2 nitrogen and oxygen atoms in total. The van der Waals surface area contributed by atoms with Crippen molar-refractivity contribution in [2.24, 2.45) is 17.6 Å². The van der Waals surface area contributed by atoms with E-state index in [1.807, 2.05) is 12.1 Å². The second-order valence-electron chi connectivity index (χ2n) is 6.47. The van der Waals surface area contributed by atoms with Crippen molar-refractivity contribution < 1.29 is 4.39 Å². The van der Waals surface area contributed by atoms with Crippen LogP contribution in [0.5, 0.6) is 0 Å². The van der Waals surface area contributed by atoms with Crippen molar-refractivity contribution >= 4 is 17.2 Å². The first kappa shape index (κ1) is 14.9. The molecule has 1 aromatic carbocycles. The molecular weight excluding hydrogens is 283 g/mol. The number of nitrogens with two attached hydrogens (primary N) is 1. The average Bonchev–Trinajstić information content (AvgIpc) is 2.49. The Morgan fingerprint density at radius 2 is 2.00 bits per heavy atom. The minimum Gasteiger partial charge on any atom is -0.389 e. The molecule has 1 saturated carbocycles. The molecule has 21 heavy (non-hydrogen) atoms. The molecule has 1 aromatic rings. The van der Waals surface area contributed by atoms with Crippen LogP contribution in [-0.4, -0.2) is 23.0 Å². The highest BCUT2D eigenvalue weighted by atomic mass is 32.1. The van der Waals surface area contributed by atoms with E-state index in [1.54, 1.807) is 6.07 Å². The molecule has 1 aliphatic carbocycles. The summed E-state index contributed by atoms with van der Waals surface area (Å²) in [6.07, 6.45) is 6.76. The summed E-state index contributed by atoms with van der Waals surface area (Å²) in [5.41, 5.74) is 6.67. The molecule has 1 aliphatic heterocycles. The van der Waals surface area contributed by atoms with Gasteiger partial charge in [0.15, 0.2) is 0 Å².